The summed E-state index contributed by atoms with van der Waals surface area (Å²) in [5.41, 5.74) is 5.66. The molecule has 0 fully saturated rings. The molecule has 110 valence electrons. The number of aromatic nitrogens is 2. The molecule has 0 amide bonds. The normalized spacial score (nSPS) is 15.7. The Balaban J connectivity index is 1.69. The summed E-state index contributed by atoms with van der Waals surface area (Å²) in [6.07, 6.45) is 2.12. The van der Waals surface area contributed by atoms with E-state index in [-0.39, 0.29) is 6.17 Å². The Morgan fingerprint density at radius 3 is 2.70 bits per heavy atom. The van der Waals surface area contributed by atoms with Crippen LogP contribution in [0.5, 0.6) is 0 Å². The van der Waals surface area contributed by atoms with Gasteiger partial charge in [0.05, 0.1) is 16.9 Å². The van der Waals surface area contributed by atoms with Crippen LogP contribution in [0, 0.1) is 0 Å². The van der Waals surface area contributed by atoms with Crippen molar-refractivity contribution in [2.75, 3.05) is 5.32 Å². The van der Waals surface area contributed by atoms with Crippen molar-refractivity contribution < 1.29 is 0 Å². The first kappa shape index (κ1) is 12.5. The number of benzene rings is 2. The molecular weight excluding hydrogens is 282 g/mol. The number of pyridine rings is 1. The number of rotatable bonds is 1. The van der Waals surface area contributed by atoms with Crippen LogP contribution in [0.3, 0.4) is 0 Å². The number of hydrogen-bond acceptors (Lipinski definition) is 2. The van der Waals surface area contributed by atoms with Crippen LogP contribution in [-0.2, 0) is 0 Å². The molecule has 3 nitrogen and oxygen atoms in total. The fraction of sp³-hybridized carbons (Fsp3) is 0.0500. The fourth-order valence-electron chi connectivity index (χ4n) is 3.35. The number of hydrogen-bond donors (Lipinski definition) is 1. The molecule has 0 spiro atoms. The van der Waals surface area contributed by atoms with Gasteiger partial charge in [0, 0.05) is 22.8 Å². The molecule has 2 aromatic carbocycles. The van der Waals surface area contributed by atoms with E-state index < -0.39 is 0 Å². The quantitative estimate of drug-likeness (QED) is 0.553. The second kappa shape index (κ2) is 4.71. The Kier molecular flexibility index (Phi) is 2.56. The second-order valence-electron chi connectivity index (χ2n) is 5.82. The van der Waals surface area contributed by atoms with Gasteiger partial charge >= 0.3 is 0 Å². The van der Waals surface area contributed by atoms with Crippen molar-refractivity contribution in [3.63, 3.8) is 0 Å². The van der Waals surface area contributed by atoms with Crippen LogP contribution in [0.2, 0.25) is 0 Å². The summed E-state index contributed by atoms with van der Waals surface area (Å²) in [6.45, 7) is 0. The zero-order valence-corrected chi connectivity index (χ0v) is 12.5. The van der Waals surface area contributed by atoms with Crippen molar-refractivity contribution in [1.29, 1.82) is 0 Å². The van der Waals surface area contributed by atoms with Gasteiger partial charge < -0.3 is 9.88 Å². The van der Waals surface area contributed by atoms with Gasteiger partial charge in [0.15, 0.2) is 0 Å². The molecule has 4 aromatic rings. The van der Waals surface area contributed by atoms with Gasteiger partial charge in [-0.1, -0.05) is 42.5 Å². The smallest absolute Gasteiger partial charge is 0.147 e. The highest BCUT2D eigenvalue weighted by atomic mass is 15.2. The van der Waals surface area contributed by atoms with Crippen molar-refractivity contribution >= 4 is 16.6 Å². The van der Waals surface area contributed by atoms with Gasteiger partial charge in [-0.05, 0) is 30.3 Å². The molecule has 0 saturated heterocycles. The molecule has 3 heterocycles. The fourth-order valence-corrected chi connectivity index (χ4v) is 3.35. The first-order valence-corrected chi connectivity index (χ1v) is 7.79. The highest BCUT2D eigenvalue weighted by Crippen LogP contribution is 2.38. The SMILES string of the molecule is c1ccc2c(c1)N[C@@H](c1ccc3ccccc3n1)n1cccc1-2. The zero-order chi connectivity index (χ0) is 15.2. The van der Waals surface area contributed by atoms with E-state index in [4.69, 9.17) is 4.98 Å². The van der Waals surface area contributed by atoms with Crippen LogP contribution >= 0.6 is 0 Å². The minimum atomic E-state index is 0.0134. The highest BCUT2D eigenvalue weighted by Gasteiger charge is 2.24. The van der Waals surface area contributed by atoms with Crippen molar-refractivity contribution in [1.82, 2.24) is 9.55 Å². The zero-order valence-electron chi connectivity index (χ0n) is 12.5. The summed E-state index contributed by atoms with van der Waals surface area (Å²) in [5, 5.41) is 4.79. The molecule has 1 atom stereocenters. The number of para-hydroxylation sites is 2. The van der Waals surface area contributed by atoms with Crippen LogP contribution in [0.4, 0.5) is 5.69 Å². The summed E-state index contributed by atoms with van der Waals surface area (Å²) >= 11 is 0. The molecule has 1 aliphatic heterocycles. The van der Waals surface area contributed by atoms with Gasteiger partial charge in [-0.15, -0.1) is 0 Å². The minimum absolute atomic E-state index is 0.0134. The van der Waals surface area contributed by atoms with Crippen molar-refractivity contribution in [3.05, 3.63) is 84.7 Å². The van der Waals surface area contributed by atoms with Gasteiger partial charge in [0.1, 0.15) is 6.17 Å². The van der Waals surface area contributed by atoms with Gasteiger partial charge in [0.2, 0.25) is 0 Å². The largest absolute Gasteiger partial charge is 0.359 e. The van der Waals surface area contributed by atoms with E-state index in [1.165, 1.54) is 16.6 Å². The summed E-state index contributed by atoms with van der Waals surface area (Å²) in [7, 11) is 0. The summed E-state index contributed by atoms with van der Waals surface area (Å²) in [4.78, 5) is 4.87. The maximum absolute atomic E-state index is 4.87. The lowest BCUT2D eigenvalue weighted by Crippen LogP contribution is -2.24. The average Bonchev–Trinajstić information content (AvgIpc) is 3.11. The van der Waals surface area contributed by atoms with E-state index in [0.29, 0.717) is 0 Å². The maximum atomic E-state index is 4.87. The predicted molar refractivity (Wildman–Crippen MR) is 93.4 cm³/mol. The van der Waals surface area contributed by atoms with Crippen molar-refractivity contribution in [3.8, 4) is 11.3 Å². The maximum Gasteiger partial charge on any atom is 0.147 e. The first-order chi connectivity index (χ1) is 11.4. The molecule has 3 heteroatoms. The van der Waals surface area contributed by atoms with Crippen LogP contribution in [0.1, 0.15) is 11.9 Å². The molecule has 0 unspecified atom stereocenters. The van der Waals surface area contributed by atoms with Crippen LogP contribution < -0.4 is 5.32 Å². The molecule has 0 bridgehead atoms. The number of nitrogens with zero attached hydrogens (tertiary/aromatic N) is 2. The van der Waals surface area contributed by atoms with Crippen LogP contribution in [0.25, 0.3) is 22.2 Å². The average molecular weight is 297 g/mol. The second-order valence-corrected chi connectivity index (χ2v) is 5.82. The van der Waals surface area contributed by atoms with Crippen LogP contribution in [-0.4, -0.2) is 9.55 Å². The standard InChI is InChI=1S/C20H15N3/c1-3-8-16-14(6-1)11-12-18(21-16)20-22-17-9-4-2-7-15(17)19-10-5-13-23(19)20/h1-13,20,22H/t20-/m1/s1. The lowest BCUT2D eigenvalue weighted by atomic mass is 10.1. The van der Waals surface area contributed by atoms with Gasteiger partial charge in [-0.3, -0.25) is 0 Å². The Morgan fingerprint density at radius 1 is 0.826 bits per heavy atom. The number of nitrogens with one attached hydrogen (secondary N) is 1. The molecular formula is C20H15N3. The third kappa shape index (κ3) is 1.87. The number of anilines is 1. The number of fused-ring (bicyclic) bond motifs is 4. The lowest BCUT2D eigenvalue weighted by molar-refractivity contribution is 0.638. The van der Waals surface area contributed by atoms with E-state index in [1.54, 1.807) is 0 Å². The summed E-state index contributed by atoms with van der Waals surface area (Å²) < 4.78 is 2.25. The van der Waals surface area contributed by atoms with Gasteiger partial charge in [0.25, 0.3) is 0 Å². The Bertz CT molecular complexity index is 1020. The lowest BCUT2D eigenvalue weighted by Gasteiger charge is -2.30. The third-order valence-electron chi connectivity index (χ3n) is 4.45. The summed E-state index contributed by atoms with van der Waals surface area (Å²) in [6, 6.07) is 25.1. The minimum Gasteiger partial charge on any atom is -0.359 e. The van der Waals surface area contributed by atoms with Crippen LogP contribution in [0.15, 0.2) is 79.0 Å². The van der Waals surface area contributed by atoms with E-state index in [9.17, 15) is 0 Å². The van der Waals surface area contributed by atoms with Gasteiger partial charge in [-0.25, -0.2) is 4.98 Å². The topological polar surface area (TPSA) is 29.9 Å². The van der Waals surface area contributed by atoms with Crippen molar-refractivity contribution in [2.24, 2.45) is 0 Å². The van der Waals surface area contributed by atoms with E-state index in [2.05, 4.69) is 76.7 Å². The van der Waals surface area contributed by atoms with Gasteiger partial charge in [-0.2, -0.15) is 0 Å². The molecule has 23 heavy (non-hydrogen) atoms. The molecule has 0 radical (unpaired) electrons. The first-order valence-electron chi connectivity index (χ1n) is 7.79. The van der Waals surface area contributed by atoms with E-state index >= 15 is 0 Å². The molecule has 0 saturated carbocycles. The molecule has 5 rings (SSSR count). The highest BCUT2D eigenvalue weighted by molar-refractivity contribution is 5.80. The van der Waals surface area contributed by atoms with E-state index in [0.717, 1.165) is 16.9 Å². The summed E-state index contributed by atoms with van der Waals surface area (Å²) in [5.74, 6) is 0. The third-order valence-corrected chi connectivity index (χ3v) is 4.45. The molecule has 1 N–H and O–H groups in total. The molecule has 1 aliphatic rings. The predicted octanol–water partition coefficient (Wildman–Crippen LogP) is 4.68. The molecule has 0 aliphatic carbocycles. The van der Waals surface area contributed by atoms with Crippen molar-refractivity contribution in [2.45, 2.75) is 6.17 Å². The Hall–Kier alpha value is -3.07. The Morgan fingerprint density at radius 2 is 1.70 bits per heavy atom. The Labute approximate surface area is 134 Å². The monoisotopic (exact) mass is 297 g/mol. The molecule has 2 aromatic heterocycles. The van der Waals surface area contributed by atoms with E-state index in [1.807, 2.05) is 12.1 Å².